The Morgan fingerprint density at radius 2 is 2.33 bits per heavy atom. The van der Waals surface area contributed by atoms with Crippen molar-refractivity contribution < 1.29 is 4.79 Å². The summed E-state index contributed by atoms with van der Waals surface area (Å²) in [6, 6.07) is 5.36. The number of amides is 2. The summed E-state index contributed by atoms with van der Waals surface area (Å²) < 4.78 is 0.964. The number of aromatic nitrogens is 1. The number of rotatable bonds is 4. The molecule has 0 radical (unpaired) electrons. The maximum absolute atomic E-state index is 11.6. The number of hydrogen-bond acceptors (Lipinski definition) is 3. The number of thiazole rings is 1. The van der Waals surface area contributed by atoms with Crippen LogP contribution in [0.25, 0.3) is 10.2 Å². The lowest BCUT2D eigenvalue weighted by atomic mass is 10.3. The minimum atomic E-state index is -0.223. The van der Waals surface area contributed by atoms with Crippen LogP contribution >= 0.6 is 22.9 Å². The fourth-order valence-electron chi connectivity index (χ4n) is 1.49. The van der Waals surface area contributed by atoms with Crippen molar-refractivity contribution in [1.82, 2.24) is 10.3 Å². The average Bonchev–Trinajstić information content (AvgIpc) is 2.73. The number of hydrogen-bond donors (Lipinski definition) is 2. The molecule has 2 amide bonds. The molecule has 2 N–H and O–H groups in total. The maximum Gasteiger partial charge on any atom is 0.321 e. The topological polar surface area (TPSA) is 54.0 Å². The number of nitrogens with zero attached hydrogens (tertiary/aromatic N) is 1. The second-order valence-corrected chi connectivity index (χ2v) is 5.28. The van der Waals surface area contributed by atoms with Crippen molar-refractivity contribution in [2.45, 2.75) is 19.8 Å². The Morgan fingerprint density at radius 1 is 1.50 bits per heavy atom. The number of benzene rings is 1. The van der Waals surface area contributed by atoms with E-state index in [-0.39, 0.29) is 6.03 Å². The van der Waals surface area contributed by atoms with E-state index in [1.54, 1.807) is 6.07 Å². The predicted octanol–water partition coefficient (Wildman–Crippen LogP) is 3.87. The van der Waals surface area contributed by atoms with Crippen LogP contribution in [0, 0.1) is 0 Å². The van der Waals surface area contributed by atoms with Gasteiger partial charge in [-0.2, -0.15) is 0 Å². The van der Waals surface area contributed by atoms with Crippen LogP contribution in [0.1, 0.15) is 19.8 Å². The highest BCUT2D eigenvalue weighted by Crippen LogP contribution is 2.30. The first kappa shape index (κ1) is 13.1. The second kappa shape index (κ2) is 6.02. The van der Waals surface area contributed by atoms with Gasteiger partial charge in [-0.3, -0.25) is 5.32 Å². The number of para-hydroxylation sites is 1. The molecule has 0 aliphatic rings. The van der Waals surface area contributed by atoms with Crippen LogP contribution in [0.3, 0.4) is 0 Å². The second-order valence-electron chi connectivity index (χ2n) is 3.84. The molecule has 1 heterocycles. The van der Waals surface area contributed by atoms with E-state index in [1.165, 1.54) is 11.3 Å². The lowest BCUT2D eigenvalue weighted by molar-refractivity contribution is 0.252. The molecule has 0 aliphatic carbocycles. The Balaban J connectivity index is 2.03. The first-order chi connectivity index (χ1) is 8.70. The summed E-state index contributed by atoms with van der Waals surface area (Å²) in [5, 5.41) is 6.65. The minimum Gasteiger partial charge on any atom is -0.338 e. The molecule has 96 valence electrons. The lowest BCUT2D eigenvalue weighted by Gasteiger charge is -2.03. The number of fused-ring (bicyclic) bond motifs is 1. The van der Waals surface area contributed by atoms with Crippen LogP contribution < -0.4 is 10.6 Å². The van der Waals surface area contributed by atoms with Gasteiger partial charge in [-0.1, -0.05) is 42.3 Å². The molecule has 2 rings (SSSR count). The van der Waals surface area contributed by atoms with E-state index in [0.717, 1.165) is 23.1 Å². The van der Waals surface area contributed by atoms with Crippen LogP contribution in [0.5, 0.6) is 0 Å². The molecule has 1 aromatic heterocycles. The van der Waals surface area contributed by atoms with Gasteiger partial charge in [-0.25, -0.2) is 9.78 Å². The number of anilines is 1. The van der Waals surface area contributed by atoms with Crippen molar-refractivity contribution in [2.75, 3.05) is 11.9 Å². The number of nitrogens with one attached hydrogen (secondary N) is 2. The molecule has 6 heteroatoms. The highest BCUT2D eigenvalue weighted by molar-refractivity contribution is 7.22. The highest BCUT2D eigenvalue weighted by atomic mass is 35.5. The third-order valence-corrected chi connectivity index (χ3v) is 3.65. The summed E-state index contributed by atoms with van der Waals surface area (Å²) in [5.41, 5.74) is 0.730. The molecule has 18 heavy (non-hydrogen) atoms. The summed E-state index contributed by atoms with van der Waals surface area (Å²) in [5.74, 6) is 0. The fourth-order valence-corrected chi connectivity index (χ4v) is 2.65. The summed E-state index contributed by atoms with van der Waals surface area (Å²) in [7, 11) is 0. The monoisotopic (exact) mass is 283 g/mol. The standard InChI is InChI=1S/C12H14ClN3OS/c1-2-3-7-14-11(17)16-12-15-10-8(13)5-4-6-9(10)18-12/h4-6H,2-3,7H2,1H3,(H2,14,15,16,17). The van der Waals surface area contributed by atoms with E-state index >= 15 is 0 Å². The van der Waals surface area contributed by atoms with Crippen molar-refractivity contribution in [1.29, 1.82) is 0 Å². The van der Waals surface area contributed by atoms with E-state index in [0.29, 0.717) is 16.7 Å². The molecule has 4 nitrogen and oxygen atoms in total. The smallest absolute Gasteiger partial charge is 0.321 e. The molecular weight excluding hydrogens is 270 g/mol. The van der Waals surface area contributed by atoms with Gasteiger partial charge in [0.1, 0.15) is 5.52 Å². The molecule has 0 unspecified atom stereocenters. The minimum absolute atomic E-state index is 0.223. The Kier molecular flexibility index (Phi) is 4.38. The third kappa shape index (κ3) is 3.11. The first-order valence-corrected chi connectivity index (χ1v) is 7.00. The Hall–Kier alpha value is -1.33. The first-order valence-electron chi connectivity index (χ1n) is 5.80. The van der Waals surface area contributed by atoms with Crippen LogP contribution in [-0.4, -0.2) is 17.6 Å². The molecule has 2 aromatic rings. The SMILES string of the molecule is CCCCNC(=O)Nc1nc2c(Cl)cccc2s1. The van der Waals surface area contributed by atoms with Gasteiger partial charge in [-0.05, 0) is 18.6 Å². The maximum atomic E-state index is 11.6. The summed E-state index contributed by atoms with van der Waals surface area (Å²) >= 11 is 7.44. The van der Waals surface area contributed by atoms with Crippen molar-refractivity contribution in [3.05, 3.63) is 23.2 Å². The normalized spacial score (nSPS) is 10.6. The number of halogens is 1. The van der Waals surface area contributed by atoms with Gasteiger partial charge in [0.15, 0.2) is 5.13 Å². The number of carbonyl (C=O) groups excluding carboxylic acids is 1. The summed E-state index contributed by atoms with van der Waals surface area (Å²) in [6.07, 6.45) is 2.02. The van der Waals surface area contributed by atoms with Crippen LogP contribution in [0.2, 0.25) is 5.02 Å². The predicted molar refractivity (Wildman–Crippen MR) is 76.6 cm³/mol. The molecule has 0 atom stereocenters. The number of unbranched alkanes of at least 4 members (excludes halogenated alkanes) is 1. The molecule has 0 fully saturated rings. The molecule has 0 aliphatic heterocycles. The quantitative estimate of drug-likeness (QED) is 0.837. The van der Waals surface area contributed by atoms with E-state index in [1.807, 2.05) is 12.1 Å². The third-order valence-electron chi connectivity index (χ3n) is 2.41. The molecule has 0 spiro atoms. The van der Waals surface area contributed by atoms with Crippen LogP contribution in [0.4, 0.5) is 9.93 Å². The average molecular weight is 284 g/mol. The van der Waals surface area contributed by atoms with Gasteiger partial charge in [0.25, 0.3) is 0 Å². The zero-order chi connectivity index (χ0) is 13.0. The van der Waals surface area contributed by atoms with Crippen molar-refractivity contribution in [3.8, 4) is 0 Å². The van der Waals surface area contributed by atoms with Crippen molar-refractivity contribution in [3.63, 3.8) is 0 Å². The number of carbonyl (C=O) groups is 1. The molecule has 0 saturated heterocycles. The summed E-state index contributed by atoms with van der Waals surface area (Å²) in [4.78, 5) is 15.9. The molecule has 0 saturated carbocycles. The molecular formula is C12H14ClN3OS. The number of urea groups is 1. The molecule has 1 aromatic carbocycles. The van der Waals surface area contributed by atoms with E-state index in [2.05, 4.69) is 22.5 Å². The van der Waals surface area contributed by atoms with Gasteiger partial charge in [0, 0.05) is 6.54 Å². The van der Waals surface area contributed by atoms with Crippen LogP contribution in [0.15, 0.2) is 18.2 Å². The van der Waals surface area contributed by atoms with Gasteiger partial charge in [0.2, 0.25) is 0 Å². The van der Waals surface area contributed by atoms with E-state index < -0.39 is 0 Å². The van der Waals surface area contributed by atoms with Gasteiger partial charge >= 0.3 is 6.03 Å². The molecule has 0 bridgehead atoms. The largest absolute Gasteiger partial charge is 0.338 e. The van der Waals surface area contributed by atoms with Gasteiger partial charge < -0.3 is 5.32 Å². The fraction of sp³-hybridized carbons (Fsp3) is 0.333. The zero-order valence-corrected chi connectivity index (χ0v) is 11.6. The zero-order valence-electron chi connectivity index (χ0n) is 10.00. The highest BCUT2D eigenvalue weighted by Gasteiger charge is 2.08. The summed E-state index contributed by atoms with van der Waals surface area (Å²) in [6.45, 7) is 2.75. The Bertz CT molecular complexity index is 555. The Labute approximate surface area is 114 Å². The van der Waals surface area contributed by atoms with Gasteiger partial charge in [0.05, 0.1) is 9.72 Å². The lowest BCUT2D eigenvalue weighted by Crippen LogP contribution is -2.29. The van der Waals surface area contributed by atoms with Crippen molar-refractivity contribution >= 4 is 44.3 Å². The van der Waals surface area contributed by atoms with Gasteiger partial charge in [-0.15, -0.1) is 0 Å². The van der Waals surface area contributed by atoms with Crippen molar-refractivity contribution in [2.24, 2.45) is 0 Å². The van der Waals surface area contributed by atoms with E-state index in [4.69, 9.17) is 11.6 Å². The van der Waals surface area contributed by atoms with E-state index in [9.17, 15) is 4.79 Å². The van der Waals surface area contributed by atoms with Crippen LogP contribution in [-0.2, 0) is 0 Å². The Morgan fingerprint density at radius 3 is 3.06 bits per heavy atom.